The van der Waals surface area contributed by atoms with Gasteiger partial charge in [-0.15, -0.1) is 0 Å². The van der Waals surface area contributed by atoms with Gasteiger partial charge in [0.2, 0.25) is 0 Å². The van der Waals surface area contributed by atoms with Gasteiger partial charge in [0, 0.05) is 5.56 Å². The lowest BCUT2D eigenvalue weighted by atomic mass is 10.1. The highest BCUT2D eigenvalue weighted by atomic mass is 19.1. The van der Waals surface area contributed by atoms with E-state index in [4.69, 9.17) is 0 Å². The molecule has 130 valence electrons. The van der Waals surface area contributed by atoms with Crippen LogP contribution < -0.4 is 5.43 Å². The van der Waals surface area contributed by atoms with Crippen molar-refractivity contribution in [3.05, 3.63) is 83.3 Å². The number of hydrogen-bond acceptors (Lipinski definition) is 3. The minimum Gasteiger partial charge on any atom is -0.272 e. The average molecular weight is 348 g/mol. The first-order chi connectivity index (χ1) is 12.6. The highest BCUT2D eigenvalue weighted by Gasteiger charge is 2.10. The zero-order valence-corrected chi connectivity index (χ0v) is 14.1. The molecule has 0 aliphatic rings. The van der Waals surface area contributed by atoms with E-state index in [1.54, 1.807) is 24.4 Å². The lowest BCUT2D eigenvalue weighted by molar-refractivity contribution is 0.0950. The summed E-state index contributed by atoms with van der Waals surface area (Å²) >= 11 is 0. The molecule has 0 spiro atoms. The highest BCUT2D eigenvalue weighted by molar-refractivity contribution is 5.94. The number of aromatic amines is 1. The zero-order chi connectivity index (χ0) is 18.4. The van der Waals surface area contributed by atoms with E-state index < -0.39 is 5.91 Å². The molecule has 0 saturated heterocycles. The maximum Gasteiger partial charge on any atom is 0.289 e. The van der Waals surface area contributed by atoms with E-state index in [-0.39, 0.29) is 11.5 Å². The first kappa shape index (κ1) is 17.3. The molecule has 0 radical (unpaired) electrons. The molecule has 5 nitrogen and oxygen atoms in total. The van der Waals surface area contributed by atoms with E-state index in [0.717, 1.165) is 11.1 Å². The SMILES string of the molecule is CC(C=NNC(=O)c1cc(-c2ccc(F)cc2)n[nH]1)=Cc1ccccc1. The van der Waals surface area contributed by atoms with Crippen LogP contribution in [0.25, 0.3) is 17.3 Å². The summed E-state index contributed by atoms with van der Waals surface area (Å²) in [5.41, 5.74) is 5.94. The van der Waals surface area contributed by atoms with Gasteiger partial charge in [-0.2, -0.15) is 10.2 Å². The molecule has 0 aliphatic carbocycles. The second-order valence-corrected chi connectivity index (χ2v) is 5.67. The van der Waals surface area contributed by atoms with Crippen molar-refractivity contribution in [2.75, 3.05) is 0 Å². The maximum absolute atomic E-state index is 13.0. The molecular formula is C20H17FN4O. The second kappa shape index (κ2) is 8.02. The van der Waals surface area contributed by atoms with Crippen molar-refractivity contribution < 1.29 is 9.18 Å². The third kappa shape index (κ3) is 4.51. The Morgan fingerprint density at radius 1 is 1.15 bits per heavy atom. The number of aromatic nitrogens is 2. The number of carbonyl (C=O) groups excluding carboxylic acids is 1. The Hall–Kier alpha value is -3.54. The Bertz CT molecular complexity index is 943. The largest absolute Gasteiger partial charge is 0.289 e. The molecule has 0 fully saturated rings. The molecule has 3 rings (SSSR count). The fourth-order valence-corrected chi connectivity index (χ4v) is 2.31. The van der Waals surface area contributed by atoms with Crippen LogP contribution in [-0.2, 0) is 0 Å². The molecule has 1 aromatic heterocycles. The molecule has 3 aromatic rings. The van der Waals surface area contributed by atoms with Crippen LogP contribution in [0.15, 0.2) is 71.3 Å². The molecule has 2 aromatic carbocycles. The Kier molecular flexibility index (Phi) is 5.34. The van der Waals surface area contributed by atoms with Crippen molar-refractivity contribution in [3.63, 3.8) is 0 Å². The van der Waals surface area contributed by atoms with Crippen LogP contribution in [0, 0.1) is 5.82 Å². The summed E-state index contributed by atoms with van der Waals surface area (Å²) in [5, 5.41) is 10.7. The van der Waals surface area contributed by atoms with Crippen molar-refractivity contribution in [3.8, 4) is 11.3 Å². The first-order valence-electron chi connectivity index (χ1n) is 8.00. The van der Waals surface area contributed by atoms with E-state index >= 15 is 0 Å². The van der Waals surface area contributed by atoms with E-state index in [1.807, 2.05) is 43.3 Å². The van der Waals surface area contributed by atoms with E-state index in [9.17, 15) is 9.18 Å². The van der Waals surface area contributed by atoms with Gasteiger partial charge in [-0.25, -0.2) is 9.82 Å². The molecule has 0 aliphatic heterocycles. The number of allylic oxidation sites excluding steroid dienone is 1. The molecule has 0 bridgehead atoms. The number of nitrogens with one attached hydrogen (secondary N) is 2. The average Bonchev–Trinajstić information content (AvgIpc) is 3.13. The smallest absolute Gasteiger partial charge is 0.272 e. The Morgan fingerprint density at radius 2 is 1.88 bits per heavy atom. The van der Waals surface area contributed by atoms with Crippen molar-refractivity contribution >= 4 is 18.2 Å². The number of halogens is 1. The summed E-state index contributed by atoms with van der Waals surface area (Å²) in [6.07, 6.45) is 3.53. The predicted octanol–water partition coefficient (Wildman–Crippen LogP) is 4.03. The summed E-state index contributed by atoms with van der Waals surface area (Å²) in [5.74, 6) is -0.731. The summed E-state index contributed by atoms with van der Waals surface area (Å²) in [7, 11) is 0. The Morgan fingerprint density at radius 3 is 2.62 bits per heavy atom. The quantitative estimate of drug-likeness (QED) is 0.540. The van der Waals surface area contributed by atoms with Gasteiger partial charge in [-0.3, -0.25) is 9.89 Å². The molecule has 26 heavy (non-hydrogen) atoms. The van der Waals surface area contributed by atoms with Gasteiger partial charge >= 0.3 is 0 Å². The molecule has 0 saturated carbocycles. The molecule has 0 unspecified atom stereocenters. The fraction of sp³-hybridized carbons (Fsp3) is 0.0500. The third-order valence-corrected chi connectivity index (χ3v) is 3.59. The van der Waals surface area contributed by atoms with Gasteiger partial charge in [0.25, 0.3) is 5.91 Å². The van der Waals surface area contributed by atoms with E-state index in [2.05, 4.69) is 20.7 Å². The Balaban J connectivity index is 1.62. The van der Waals surface area contributed by atoms with Gasteiger partial charge in [0.15, 0.2) is 0 Å². The van der Waals surface area contributed by atoms with Gasteiger partial charge in [0.1, 0.15) is 11.5 Å². The maximum atomic E-state index is 13.0. The third-order valence-electron chi connectivity index (χ3n) is 3.59. The highest BCUT2D eigenvalue weighted by Crippen LogP contribution is 2.17. The lowest BCUT2D eigenvalue weighted by Gasteiger charge is -1.97. The van der Waals surface area contributed by atoms with Crippen molar-refractivity contribution in [1.82, 2.24) is 15.6 Å². The summed E-state index contributed by atoms with van der Waals surface area (Å²) < 4.78 is 13.0. The van der Waals surface area contributed by atoms with Crippen LogP contribution in [0.1, 0.15) is 23.0 Å². The Labute approximate surface area is 150 Å². The first-order valence-corrected chi connectivity index (χ1v) is 8.00. The summed E-state index contributed by atoms with van der Waals surface area (Å²) in [6.45, 7) is 1.89. The zero-order valence-electron chi connectivity index (χ0n) is 14.1. The summed E-state index contributed by atoms with van der Waals surface area (Å²) in [6, 6.07) is 17.3. The topological polar surface area (TPSA) is 70.1 Å². The standard InChI is InChI=1S/C20H17FN4O/c1-14(11-15-5-3-2-4-6-15)13-22-25-20(26)19-12-18(23-24-19)16-7-9-17(21)10-8-16/h2-13H,1H3,(H,23,24)(H,25,26). The van der Waals surface area contributed by atoms with Crippen LogP contribution in [0.5, 0.6) is 0 Å². The molecule has 6 heteroatoms. The number of carbonyl (C=O) groups is 1. The number of benzene rings is 2. The van der Waals surface area contributed by atoms with Crippen molar-refractivity contribution in [2.24, 2.45) is 5.10 Å². The van der Waals surface area contributed by atoms with Gasteiger partial charge in [-0.05, 0) is 48.4 Å². The van der Waals surface area contributed by atoms with Crippen molar-refractivity contribution in [1.29, 1.82) is 0 Å². The van der Waals surface area contributed by atoms with Gasteiger partial charge in [-0.1, -0.05) is 36.4 Å². The monoisotopic (exact) mass is 348 g/mol. The lowest BCUT2D eigenvalue weighted by Crippen LogP contribution is -2.17. The molecule has 2 N–H and O–H groups in total. The molecular weight excluding hydrogens is 331 g/mol. The second-order valence-electron chi connectivity index (χ2n) is 5.67. The fourth-order valence-electron chi connectivity index (χ4n) is 2.31. The predicted molar refractivity (Wildman–Crippen MR) is 100 cm³/mol. The number of hydrazone groups is 1. The number of rotatable bonds is 5. The minimum absolute atomic E-state index is 0.270. The van der Waals surface area contributed by atoms with E-state index in [1.165, 1.54) is 12.1 Å². The van der Waals surface area contributed by atoms with E-state index in [0.29, 0.717) is 11.3 Å². The number of H-pyrrole nitrogens is 1. The summed E-state index contributed by atoms with van der Waals surface area (Å²) in [4.78, 5) is 12.1. The molecule has 1 heterocycles. The van der Waals surface area contributed by atoms with Crippen LogP contribution >= 0.6 is 0 Å². The number of amides is 1. The van der Waals surface area contributed by atoms with Crippen LogP contribution in [-0.4, -0.2) is 22.3 Å². The molecule has 1 amide bonds. The molecule has 0 atom stereocenters. The number of hydrogen-bond donors (Lipinski definition) is 2. The minimum atomic E-state index is -0.408. The van der Waals surface area contributed by atoms with Crippen LogP contribution in [0.4, 0.5) is 4.39 Å². The van der Waals surface area contributed by atoms with Gasteiger partial charge in [0.05, 0.1) is 11.9 Å². The van der Waals surface area contributed by atoms with Crippen molar-refractivity contribution in [2.45, 2.75) is 6.92 Å². The van der Waals surface area contributed by atoms with Crippen LogP contribution in [0.3, 0.4) is 0 Å². The van der Waals surface area contributed by atoms with Gasteiger partial charge < -0.3 is 0 Å². The normalized spacial score (nSPS) is 11.7. The van der Waals surface area contributed by atoms with Crippen LogP contribution in [0.2, 0.25) is 0 Å². The number of nitrogens with zero attached hydrogens (tertiary/aromatic N) is 2.